The Labute approximate surface area is 124 Å². The van der Waals surface area contributed by atoms with Gasteiger partial charge in [0.15, 0.2) is 5.78 Å². The average Bonchev–Trinajstić information content (AvgIpc) is 2.90. The number of pyridine rings is 1. The van der Waals surface area contributed by atoms with Gasteiger partial charge < -0.3 is 10.0 Å². The van der Waals surface area contributed by atoms with Crippen LogP contribution < -0.4 is 4.90 Å². The molecule has 1 N–H and O–H groups in total. The van der Waals surface area contributed by atoms with Crippen molar-refractivity contribution >= 4 is 11.5 Å². The summed E-state index contributed by atoms with van der Waals surface area (Å²) in [4.78, 5) is 17.6. The van der Waals surface area contributed by atoms with E-state index in [1.54, 1.807) is 26.2 Å². The molecule has 1 aliphatic heterocycles. The van der Waals surface area contributed by atoms with Gasteiger partial charge in [-0.05, 0) is 49.6 Å². The third-order valence-corrected chi connectivity index (χ3v) is 3.94. The van der Waals surface area contributed by atoms with E-state index in [1.165, 1.54) is 5.56 Å². The summed E-state index contributed by atoms with van der Waals surface area (Å²) in [6.07, 6.45) is 3.82. The van der Waals surface area contributed by atoms with Gasteiger partial charge in [0, 0.05) is 35.8 Å². The second-order valence-corrected chi connectivity index (χ2v) is 5.44. The van der Waals surface area contributed by atoms with E-state index in [2.05, 4.69) is 11.1 Å². The number of hydrogen-bond donors (Lipinski definition) is 1. The minimum atomic E-state index is -0.472. The summed E-state index contributed by atoms with van der Waals surface area (Å²) in [5, 5.41) is 9.76. The molecule has 4 heteroatoms. The largest absolute Gasteiger partial charge is 0.374 e. The number of carbonyl (C=O) groups excluding carboxylic acids is 1. The molecule has 21 heavy (non-hydrogen) atoms. The summed E-state index contributed by atoms with van der Waals surface area (Å²) in [5.41, 5.74) is 4.93. The van der Waals surface area contributed by atoms with Crippen LogP contribution in [-0.2, 0) is 6.42 Å². The molecule has 0 radical (unpaired) electrons. The van der Waals surface area contributed by atoms with Crippen LogP contribution in [0.5, 0.6) is 0 Å². The van der Waals surface area contributed by atoms with Gasteiger partial charge >= 0.3 is 0 Å². The number of carbonyl (C=O) groups is 1. The molecule has 0 spiro atoms. The standard InChI is InChI=1S/C17H18N2O2/c1-11(20)15-8-16(10-18-9-15)13-3-4-17-14(7-13)5-6-19(17)12(2)21/h3-4,7-10,12,21H,5-6H2,1-2H3. The number of aliphatic hydroxyl groups excluding tert-OH is 1. The fourth-order valence-electron chi connectivity index (χ4n) is 2.79. The number of anilines is 1. The Morgan fingerprint density at radius 3 is 2.81 bits per heavy atom. The van der Waals surface area contributed by atoms with E-state index in [0.29, 0.717) is 5.56 Å². The first-order chi connectivity index (χ1) is 10.1. The number of nitrogens with zero attached hydrogens (tertiary/aromatic N) is 2. The fourth-order valence-corrected chi connectivity index (χ4v) is 2.79. The van der Waals surface area contributed by atoms with Gasteiger partial charge in [-0.1, -0.05) is 6.07 Å². The van der Waals surface area contributed by atoms with E-state index in [9.17, 15) is 9.90 Å². The van der Waals surface area contributed by atoms with E-state index >= 15 is 0 Å². The zero-order valence-electron chi connectivity index (χ0n) is 12.2. The predicted octanol–water partition coefficient (Wildman–Crippen LogP) is 2.65. The highest BCUT2D eigenvalue weighted by molar-refractivity contribution is 5.94. The van der Waals surface area contributed by atoms with E-state index in [1.807, 2.05) is 23.1 Å². The topological polar surface area (TPSA) is 53.4 Å². The number of aromatic nitrogens is 1. The number of hydrogen-bond acceptors (Lipinski definition) is 4. The lowest BCUT2D eigenvalue weighted by molar-refractivity contribution is 0.101. The summed E-state index contributed by atoms with van der Waals surface area (Å²) in [7, 11) is 0. The monoisotopic (exact) mass is 282 g/mol. The molecule has 1 atom stereocenters. The second kappa shape index (κ2) is 5.30. The van der Waals surface area contributed by atoms with Crippen LogP contribution in [0, 0.1) is 0 Å². The molecule has 0 fully saturated rings. The van der Waals surface area contributed by atoms with Gasteiger partial charge in [-0.3, -0.25) is 9.78 Å². The normalized spacial score (nSPS) is 14.9. The first-order valence-corrected chi connectivity index (χ1v) is 7.10. The molecule has 0 saturated heterocycles. The summed E-state index contributed by atoms with van der Waals surface area (Å²) in [5.74, 6) is 0.0193. The maximum Gasteiger partial charge on any atom is 0.161 e. The van der Waals surface area contributed by atoms with E-state index in [4.69, 9.17) is 0 Å². The quantitative estimate of drug-likeness (QED) is 0.879. The molecule has 1 unspecified atom stereocenters. The smallest absolute Gasteiger partial charge is 0.161 e. The van der Waals surface area contributed by atoms with Gasteiger partial charge in [-0.25, -0.2) is 0 Å². The molecule has 1 aromatic carbocycles. The predicted molar refractivity (Wildman–Crippen MR) is 82.4 cm³/mol. The van der Waals surface area contributed by atoms with Crippen LogP contribution in [0.25, 0.3) is 11.1 Å². The fraction of sp³-hybridized carbons (Fsp3) is 0.294. The Morgan fingerprint density at radius 2 is 2.10 bits per heavy atom. The zero-order valence-corrected chi connectivity index (χ0v) is 12.2. The van der Waals surface area contributed by atoms with Crippen molar-refractivity contribution in [3.8, 4) is 11.1 Å². The first kappa shape index (κ1) is 13.8. The molecule has 1 aromatic heterocycles. The minimum absolute atomic E-state index is 0.0193. The number of Topliss-reactive ketones (excluding diaryl/α,β-unsaturated/α-hetero) is 1. The van der Waals surface area contributed by atoms with Crippen LogP contribution in [0.3, 0.4) is 0 Å². The number of aliphatic hydroxyl groups is 1. The highest BCUT2D eigenvalue weighted by Crippen LogP contribution is 2.33. The lowest BCUT2D eigenvalue weighted by Gasteiger charge is -2.22. The zero-order chi connectivity index (χ0) is 15.0. The van der Waals surface area contributed by atoms with Crippen LogP contribution in [-0.4, -0.2) is 28.6 Å². The van der Waals surface area contributed by atoms with E-state index in [0.717, 1.165) is 29.8 Å². The van der Waals surface area contributed by atoms with Crippen molar-refractivity contribution in [3.63, 3.8) is 0 Å². The van der Waals surface area contributed by atoms with E-state index < -0.39 is 6.23 Å². The Kier molecular flexibility index (Phi) is 3.47. The second-order valence-electron chi connectivity index (χ2n) is 5.44. The first-order valence-electron chi connectivity index (χ1n) is 7.10. The third-order valence-electron chi connectivity index (χ3n) is 3.94. The van der Waals surface area contributed by atoms with Crippen molar-refractivity contribution in [1.82, 2.24) is 4.98 Å². The highest BCUT2D eigenvalue weighted by atomic mass is 16.3. The van der Waals surface area contributed by atoms with E-state index in [-0.39, 0.29) is 5.78 Å². The van der Waals surface area contributed by atoms with Gasteiger partial charge in [0.05, 0.1) is 0 Å². The SMILES string of the molecule is CC(=O)c1cncc(-c2ccc3c(c2)CCN3C(C)O)c1. The van der Waals surface area contributed by atoms with Crippen molar-refractivity contribution < 1.29 is 9.90 Å². The van der Waals surface area contributed by atoms with Gasteiger partial charge in [-0.15, -0.1) is 0 Å². The maximum absolute atomic E-state index is 11.5. The molecule has 1 aliphatic rings. The number of fused-ring (bicyclic) bond motifs is 1. The Hall–Kier alpha value is -2.20. The van der Waals surface area contributed by atoms with Crippen molar-refractivity contribution in [2.45, 2.75) is 26.5 Å². The van der Waals surface area contributed by atoms with Crippen molar-refractivity contribution in [1.29, 1.82) is 0 Å². The lowest BCUT2D eigenvalue weighted by atomic mass is 10.0. The average molecular weight is 282 g/mol. The summed E-state index contributed by atoms with van der Waals surface area (Å²) < 4.78 is 0. The van der Waals surface area contributed by atoms with Crippen LogP contribution >= 0.6 is 0 Å². The highest BCUT2D eigenvalue weighted by Gasteiger charge is 2.22. The molecule has 0 bridgehead atoms. The van der Waals surface area contributed by atoms with Crippen molar-refractivity contribution in [2.24, 2.45) is 0 Å². The van der Waals surface area contributed by atoms with Crippen LogP contribution in [0.4, 0.5) is 5.69 Å². The Balaban J connectivity index is 1.98. The van der Waals surface area contributed by atoms with Gasteiger partial charge in [0.1, 0.15) is 6.23 Å². The van der Waals surface area contributed by atoms with Crippen molar-refractivity contribution in [2.75, 3.05) is 11.4 Å². The molecule has 0 amide bonds. The molecule has 0 aliphatic carbocycles. The summed E-state index contributed by atoms with van der Waals surface area (Å²) >= 11 is 0. The number of rotatable bonds is 3. The number of benzene rings is 1. The summed E-state index contributed by atoms with van der Waals surface area (Å²) in [6, 6.07) is 8.04. The Bertz CT molecular complexity index is 695. The molecule has 108 valence electrons. The van der Waals surface area contributed by atoms with Crippen LogP contribution in [0.15, 0.2) is 36.7 Å². The molecule has 2 aromatic rings. The lowest BCUT2D eigenvalue weighted by Crippen LogP contribution is -2.30. The molecule has 0 saturated carbocycles. The Morgan fingerprint density at radius 1 is 1.29 bits per heavy atom. The minimum Gasteiger partial charge on any atom is -0.374 e. The van der Waals surface area contributed by atoms with Crippen LogP contribution in [0.1, 0.15) is 29.8 Å². The molecule has 4 nitrogen and oxygen atoms in total. The third kappa shape index (κ3) is 2.54. The number of ketones is 1. The van der Waals surface area contributed by atoms with Crippen molar-refractivity contribution in [3.05, 3.63) is 47.8 Å². The van der Waals surface area contributed by atoms with Gasteiger partial charge in [-0.2, -0.15) is 0 Å². The molecule has 2 heterocycles. The van der Waals surface area contributed by atoms with Gasteiger partial charge in [0.2, 0.25) is 0 Å². The van der Waals surface area contributed by atoms with Crippen LogP contribution in [0.2, 0.25) is 0 Å². The molecule has 3 rings (SSSR count). The molecular weight excluding hydrogens is 264 g/mol. The molecular formula is C17H18N2O2. The maximum atomic E-state index is 11.5. The summed E-state index contributed by atoms with van der Waals surface area (Å²) in [6.45, 7) is 4.16. The van der Waals surface area contributed by atoms with Gasteiger partial charge in [0.25, 0.3) is 0 Å².